The number of halogens is 1. The zero-order valence-corrected chi connectivity index (χ0v) is 9.60. The third-order valence-corrected chi connectivity index (χ3v) is 3.03. The molecular formula is C12H13FN2O3. The fourth-order valence-electron chi connectivity index (χ4n) is 2.12. The van der Waals surface area contributed by atoms with E-state index in [1.807, 2.05) is 0 Å². The van der Waals surface area contributed by atoms with E-state index in [9.17, 15) is 14.0 Å². The number of carboxylic acids is 1. The van der Waals surface area contributed by atoms with Crippen LogP contribution in [0.1, 0.15) is 16.8 Å². The van der Waals surface area contributed by atoms with Crippen LogP contribution in [0.2, 0.25) is 0 Å². The average Bonchev–Trinajstić information content (AvgIpc) is 2.69. The highest BCUT2D eigenvalue weighted by atomic mass is 19.1. The SMILES string of the molecule is NCC1CC(=O)N(c2cccc(F)c2C(=O)O)C1. The molecule has 0 aromatic heterocycles. The molecule has 2 rings (SSSR count). The van der Waals surface area contributed by atoms with Gasteiger partial charge in [-0.05, 0) is 24.6 Å². The topological polar surface area (TPSA) is 83.6 Å². The first kappa shape index (κ1) is 12.5. The molecule has 1 amide bonds. The van der Waals surface area contributed by atoms with Crippen molar-refractivity contribution in [3.63, 3.8) is 0 Å². The second kappa shape index (κ2) is 4.73. The van der Waals surface area contributed by atoms with Crippen LogP contribution in [-0.2, 0) is 4.79 Å². The number of rotatable bonds is 3. The quantitative estimate of drug-likeness (QED) is 0.834. The number of hydrogen-bond acceptors (Lipinski definition) is 3. The standard InChI is InChI=1S/C12H13FN2O3/c13-8-2-1-3-9(11(8)12(17)18)15-6-7(5-14)4-10(15)16/h1-3,7H,4-6,14H2,(H,17,18). The van der Waals surface area contributed by atoms with Gasteiger partial charge in [0.05, 0.1) is 5.69 Å². The van der Waals surface area contributed by atoms with Crippen LogP contribution >= 0.6 is 0 Å². The molecule has 0 saturated carbocycles. The zero-order valence-electron chi connectivity index (χ0n) is 9.60. The first-order chi connectivity index (χ1) is 8.54. The maximum absolute atomic E-state index is 13.5. The molecule has 0 aliphatic carbocycles. The number of aromatic carboxylic acids is 1. The lowest BCUT2D eigenvalue weighted by molar-refractivity contribution is -0.117. The number of anilines is 1. The molecule has 1 atom stereocenters. The van der Waals surface area contributed by atoms with E-state index in [0.29, 0.717) is 13.1 Å². The van der Waals surface area contributed by atoms with Crippen LogP contribution in [0.15, 0.2) is 18.2 Å². The highest BCUT2D eigenvalue weighted by molar-refractivity contribution is 6.03. The summed E-state index contributed by atoms with van der Waals surface area (Å²) in [6.45, 7) is 0.680. The second-order valence-electron chi connectivity index (χ2n) is 4.25. The van der Waals surface area contributed by atoms with Gasteiger partial charge in [0, 0.05) is 13.0 Å². The number of carbonyl (C=O) groups is 2. The smallest absolute Gasteiger partial charge is 0.340 e. The molecule has 0 bridgehead atoms. The molecular weight excluding hydrogens is 239 g/mol. The fraction of sp³-hybridized carbons (Fsp3) is 0.333. The minimum absolute atomic E-state index is 0.0117. The van der Waals surface area contributed by atoms with Crippen LogP contribution in [0.3, 0.4) is 0 Å². The van der Waals surface area contributed by atoms with E-state index in [4.69, 9.17) is 10.8 Å². The van der Waals surface area contributed by atoms with Crippen LogP contribution in [0.4, 0.5) is 10.1 Å². The van der Waals surface area contributed by atoms with Gasteiger partial charge < -0.3 is 15.7 Å². The molecule has 18 heavy (non-hydrogen) atoms. The Kier molecular flexibility index (Phi) is 3.29. The highest BCUT2D eigenvalue weighted by Crippen LogP contribution is 2.29. The van der Waals surface area contributed by atoms with Gasteiger partial charge in [-0.1, -0.05) is 6.07 Å². The first-order valence-electron chi connectivity index (χ1n) is 5.56. The number of benzene rings is 1. The van der Waals surface area contributed by atoms with Gasteiger partial charge >= 0.3 is 5.97 Å². The van der Waals surface area contributed by atoms with Crippen LogP contribution in [-0.4, -0.2) is 30.1 Å². The van der Waals surface area contributed by atoms with Crippen molar-refractivity contribution >= 4 is 17.6 Å². The number of nitrogens with zero attached hydrogens (tertiary/aromatic N) is 1. The number of carboxylic acid groups (broad SMARTS) is 1. The van der Waals surface area contributed by atoms with Gasteiger partial charge in [-0.25, -0.2) is 9.18 Å². The average molecular weight is 252 g/mol. The Morgan fingerprint density at radius 1 is 1.56 bits per heavy atom. The Morgan fingerprint density at radius 2 is 2.28 bits per heavy atom. The molecule has 0 spiro atoms. The maximum Gasteiger partial charge on any atom is 0.340 e. The molecule has 1 aliphatic heterocycles. The number of amides is 1. The van der Waals surface area contributed by atoms with Crippen molar-refractivity contribution < 1.29 is 19.1 Å². The van der Waals surface area contributed by atoms with E-state index in [2.05, 4.69) is 0 Å². The minimum Gasteiger partial charge on any atom is -0.478 e. The van der Waals surface area contributed by atoms with Crippen molar-refractivity contribution in [1.29, 1.82) is 0 Å². The Balaban J connectivity index is 2.43. The van der Waals surface area contributed by atoms with Gasteiger partial charge in [-0.3, -0.25) is 4.79 Å². The van der Waals surface area contributed by atoms with Gasteiger partial charge in [-0.2, -0.15) is 0 Å². The third kappa shape index (κ3) is 2.06. The molecule has 3 N–H and O–H groups in total. The summed E-state index contributed by atoms with van der Waals surface area (Å²) in [6.07, 6.45) is 0.270. The summed E-state index contributed by atoms with van der Waals surface area (Å²) in [5.41, 5.74) is 5.13. The molecule has 1 unspecified atom stereocenters. The van der Waals surface area contributed by atoms with Crippen molar-refractivity contribution in [2.75, 3.05) is 18.0 Å². The third-order valence-electron chi connectivity index (χ3n) is 3.03. The van der Waals surface area contributed by atoms with E-state index in [1.54, 1.807) is 0 Å². The highest BCUT2D eigenvalue weighted by Gasteiger charge is 2.32. The van der Waals surface area contributed by atoms with Gasteiger partial charge in [-0.15, -0.1) is 0 Å². The van der Waals surface area contributed by atoms with E-state index in [1.165, 1.54) is 17.0 Å². The molecule has 1 fully saturated rings. The van der Waals surface area contributed by atoms with Gasteiger partial charge in [0.15, 0.2) is 0 Å². The number of hydrogen-bond donors (Lipinski definition) is 2. The van der Waals surface area contributed by atoms with E-state index >= 15 is 0 Å². The van der Waals surface area contributed by atoms with Crippen molar-refractivity contribution in [2.24, 2.45) is 11.7 Å². The molecule has 96 valence electrons. The Bertz CT molecular complexity index is 504. The van der Waals surface area contributed by atoms with Crippen molar-refractivity contribution in [1.82, 2.24) is 0 Å². The molecule has 1 aromatic carbocycles. The molecule has 1 heterocycles. The van der Waals surface area contributed by atoms with Crippen molar-refractivity contribution in [3.05, 3.63) is 29.6 Å². The number of carbonyl (C=O) groups excluding carboxylic acids is 1. The zero-order chi connectivity index (χ0) is 13.3. The van der Waals surface area contributed by atoms with Gasteiger partial charge in [0.2, 0.25) is 5.91 Å². The van der Waals surface area contributed by atoms with E-state index < -0.39 is 17.3 Å². The van der Waals surface area contributed by atoms with E-state index in [-0.39, 0.29) is 23.9 Å². The molecule has 1 saturated heterocycles. The van der Waals surface area contributed by atoms with Crippen molar-refractivity contribution in [3.8, 4) is 0 Å². The predicted molar refractivity (Wildman–Crippen MR) is 62.9 cm³/mol. The summed E-state index contributed by atoms with van der Waals surface area (Å²) in [7, 11) is 0. The summed E-state index contributed by atoms with van der Waals surface area (Å²) < 4.78 is 13.5. The van der Waals surface area contributed by atoms with Crippen LogP contribution in [0, 0.1) is 11.7 Å². The van der Waals surface area contributed by atoms with Crippen LogP contribution in [0.5, 0.6) is 0 Å². The largest absolute Gasteiger partial charge is 0.478 e. The Morgan fingerprint density at radius 3 is 2.83 bits per heavy atom. The lowest BCUT2D eigenvalue weighted by Crippen LogP contribution is -2.28. The monoisotopic (exact) mass is 252 g/mol. The van der Waals surface area contributed by atoms with Gasteiger partial charge in [0.25, 0.3) is 0 Å². The summed E-state index contributed by atoms with van der Waals surface area (Å²) in [6, 6.07) is 3.89. The lowest BCUT2D eigenvalue weighted by atomic mass is 10.1. The predicted octanol–water partition coefficient (Wildman–Crippen LogP) is 0.835. The maximum atomic E-state index is 13.5. The first-order valence-corrected chi connectivity index (χ1v) is 5.56. The molecule has 1 aliphatic rings. The van der Waals surface area contributed by atoms with E-state index in [0.717, 1.165) is 6.07 Å². The normalized spacial score (nSPS) is 19.3. The summed E-state index contributed by atoms with van der Waals surface area (Å²) in [4.78, 5) is 24.1. The molecule has 0 radical (unpaired) electrons. The molecule has 6 heteroatoms. The van der Waals surface area contributed by atoms with Crippen LogP contribution in [0.25, 0.3) is 0 Å². The number of nitrogens with two attached hydrogens (primary N) is 1. The lowest BCUT2D eigenvalue weighted by Gasteiger charge is -2.19. The minimum atomic E-state index is -1.38. The summed E-state index contributed by atoms with van der Waals surface area (Å²) in [5.74, 6) is -2.46. The second-order valence-corrected chi connectivity index (χ2v) is 4.25. The summed E-state index contributed by atoms with van der Waals surface area (Å²) >= 11 is 0. The molecule has 1 aromatic rings. The Labute approximate surface area is 103 Å². The van der Waals surface area contributed by atoms with Gasteiger partial charge in [0.1, 0.15) is 11.4 Å². The van der Waals surface area contributed by atoms with Crippen LogP contribution < -0.4 is 10.6 Å². The summed E-state index contributed by atoms with van der Waals surface area (Å²) in [5, 5.41) is 9.01. The molecule has 5 nitrogen and oxygen atoms in total. The Hall–Kier alpha value is -1.95. The van der Waals surface area contributed by atoms with Crippen molar-refractivity contribution in [2.45, 2.75) is 6.42 Å². The fourth-order valence-corrected chi connectivity index (χ4v) is 2.12.